The van der Waals surface area contributed by atoms with Crippen molar-refractivity contribution in [2.45, 2.75) is 37.5 Å². The number of nitrogens with one attached hydrogen (secondary N) is 1. The number of para-hydroxylation sites is 1. The van der Waals surface area contributed by atoms with Gasteiger partial charge in [0.25, 0.3) is 0 Å². The number of halogens is 1. The van der Waals surface area contributed by atoms with E-state index in [1.165, 1.54) is 6.26 Å². The van der Waals surface area contributed by atoms with Crippen LogP contribution in [0.25, 0.3) is 0 Å². The van der Waals surface area contributed by atoms with E-state index in [4.69, 9.17) is 11.6 Å². The highest BCUT2D eigenvalue weighted by Gasteiger charge is 2.18. The number of anilines is 1. The molecule has 1 rings (SSSR count). The molecular formula is C14H22ClNO2S. The molecule has 1 unspecified atom stereocenters. The quantitative estimate of drug-likeness (QED) is 0.846. The maximum absolute atomic E-state index is 11.7. The summed E-state index contributed by atoms with van der Waals surface area (Å²) in [5.41, 5.74) is 0.773. The molecule has 0 fully saturated rings. The highest BCUT2D eigenvalue weighted by molar-refractivity contribution is 7.90. The molecule has 1 aromatic rings. The van der Waals surface area contributed by atoms with Crippen molar-refractivity contribution in [1.82, 2.24) is 0 Å². The van der Waals surface area contributed by atoms with Gasteiger partial charge in [0, 0.05) is 12.8 Å². The van der Waals surface area contributed by atoms with Crippen molar-refractivity contribution in [3.05, 3.63) is 24.3 Å². The van der Waals surface area contributed by atoms with Crippen molar-refractivity contribution >= 4 is 27.1 Å². The van der Waals surface area contributed by atoms with Gasteiger partial charge in [0.05, 0.1) is 16.0 Å². The number of rotatable bonds is 5. The van der Waals surface area contributed by atoms with Gasteiger partial charge in [-0.2, -0.15) is 0 Å². The second-order valence-electron chi connectivity index (χ2n) is 6.01. The molecule has 0 aliphatic carbocycles. The molecule has 1 atom stereocenters. The van der Waals surface area contributed by atoms with Crippen molar-refractivity contribution in [2.24, 2.45) is 5.41 Å². The predicted octanol–water partition coefficient (Wildman–Crippen LogP) is 3.55. The lowest BCUT2D eigenvalue weighted by atomic mass is 9.90. The average Bonchev–Trinajstić information content (AvgIpc) is 2.23. The smallest absolute Gasteiger partial charge is 0.177 e. The Bertz CT molecular complexity index is 520. The first kappa shape index (κ1) is 16.3. The number of hydrogen-bond donors (Lipinski definition) is 1. The second kappa shape index (κ2) is 6.14. The third-order valence-corrected chi connectivity index (χ3v) is 4.10. The van der Waals surface area contributed by atoms with Crippen LogP contribution in [0.15, 0.2) is 29.2 Å². The zero-order valence-corrected chi connectivity index (χ0v) is 13.5. The molecule has 0 bridgehead atoms. The maximum Gasteiger partial charge on any atom is 0.177 e. The van der Waals surface area contributed by atoms with E-state index in [1.807, 2.05) is 6.07 Å². The molecule has 0 spiro atoms. The third-order valence-electron chi connectivity index (χ3n) is 2.63. The zero-order valence-electron chi connectivity index (χ0n) is 11.9. The van der Waals surface area contributed by atoms with Gasteiger partial charge in [-0.3, -0.25) is 0 Å². The minimum Gasteiger partial charge on any atom is -0.383 e. The predicted molar refractivity (Wildman–Crippen MR) is 81.8 cm³/mol. The van der Waals surface area contributed by atoms with E-state index in [2.05, 4.69) is 26.1 Å². The molecular weight excluding hydrogens is 282 g/mol. The molecule has 0 saturated heterocycles. The zero-order chi connectivity index (χ0) is 14.7. The van der Waals surface area contributed by atoms with E-state index in [0.29, 0.717) is 17.1 Å². The fourth-order valence-corrected chi connectivity index (χ4v) is 3.30. The Hall–Kier alpha value is -0.740. The SMILES string of the molecule is CC(C)(C)CC(Cl)CNc1ccccc1S(C)(=O)=O. The van der Waals surface area contributed by atoms with Crippen molar-refractivity contribution in [1.29, 1.82) is 0 Å². The Labute approximate surface area is 121 Å². The van der Waals surface area contributed by atoms with Crippen LogP contribution in [0.1, 0.15) is 27.2 Å². The van der Waals surface area contributed by atoms with E-state index in [9.17, 15) is 8.42 Å². The van der Waals surface area contributed by atoms with E-state index >= 15 is 0 Å². The summed E-state index contributed by atoms with van der Waals surface area (Å²) in [4.78, 5) is 0.314. The van der Waals surface area contributed by atoms with Crippen LogP contribution in [0.4, 0.5) is 5.69 Å². The molecule has 5 heteroatoms. The van der Waals surface area contributed by atoms with Crippen LogP contribution in [-0.4, -0.2) is 26.6 Å². The topological polar surface area (TPSA) is 46.2 Å². The largest absolute Gasteiger partial charge is 0.383 e. The Kier molecular flexibility index (Phi) is 5.27. The Morgan fingerprint density at radius 1 is 1.26 bits per heavy atom. The van der Waals surface area contributed by atoms with Crippen LogP contribution in [0, 0.1) is 5.41 Å². The maximum atomic E-state index is 11.7. The Balaban J connectivity index is 2.74. The summed E-state index contributed by atoms with van der Waals surface area (Å²) < 4.78 is 23.3. The van der Waals surface area contributed by atoms with E-state index < -0.39 is 9.84 Å². The van der Waals surface area contributed by atoms with Gasteiger partial charge in [-0.25, -0.2) is 8.42 Å². The summed E-state index contributed by atoms with van der Waals surface area (Å²) in [6.07, 6.45) is 2.07. The monoisotopic (exact) mass is 303 g/mol. The second-order valence-corrected chi connectivity index (χ2v) is 8.61. The summed E-state index contributed by atoms with van der Waals surface area (Å²) in [6, 6.07) is 6.89. The van der Waals surface area contributed by atoms with Gasteiger partial charge in [0.15, 0.2) is 9.84 Å². The molecule has 19 heavy (non-hydrogen) atoms. The normalized spacial score (nSPS) is 14.2. The first-order valence-electron chi connectivity index (χ1n) is 6.26. The lowest BCUT2D eigenvalue weighted by molar-refractivity contribution is 0.373. The van der Waals surface area contributed by atoms with Gasteiger partial charge in [0.2, 0.25) is 0 Å². The van der Waals surface area contributed by atoms with E-state index in [-0.39, 0.29) is 10.8 Å². The fourth-order valence-electron chi connectivity index (χ4n) is 1.89. The summed E-state index contributed by atoms with van der Waals surface area (Å²) in [5, 5.41) is 3.10. The van der Waals surface area contributed by atoms with Crippen LogP contribution >= 0.6 is 11.6 Å². The molecule has 1 aromatic carbocycles. The molecule has 3 nitrogen and oxygen atoms in total. The van der Waals surface area contributed by atoms with Crippen LogP contribution < -0.4 is 5.32 Å². The van der Waals surface area contributed by atoms with Gasteiger partial charge in [0.1, 0.15) is 0 Å². The summed E-state index contributed by atoms with van der Waals surface area (Å²) >= 11 is 6.27. The van der Waals surface area contributed by atoms with E-state index in [0.717, 1.165) is 6.42 Å². The van der Waals surface area contributed by atoms with Crippen molar-refractivity contribution in [2.75, 3.05) is 18.1 Å². The number of hydrogen-bond acceptors (Lipinski definition) is 3. The molecule has 0 aliphatic heterocycles. The van der Waals surface area contributed by atoms with Crippen LogP contribution in [0.3, 0.4) is 0 Å². The molecule has 0 amide bonds. The minimum atomic E-state index is -3.22. The summed E-state index contributed by atoms with van der Waals surface area (Å²) in [6.45, 7) is 6.94. The van der Waals surface area contributed by atoms with Gasteiger partial charge >= 0.3 is 0 Å². The summed E-state index contributed by atoms with van der Waals surface area (Å²) in [5.74, 6) is 0. The molecule has 0 saturated carbocycles. The van der Waals surface area contributed by atoms with Gasteiger partial charge in [-0.1, -0.05) is 32.9 Å². The molecule has 0 aliphatic rings. The van der Waals surface area contributed by atoms with Crippen LogP contribution in [0.5, 0.6) is 0 Å². The standard InChI is InChI=1S/C14H22ClNO2S/c1-14(2,3)9-11(15)10-16-12-7-5-6-8-13(12)19(4,17)18/h5-8,11,16H,9-10H2,1-4H3. The highest BCUT2D eigenvalue weighted by Crippen LogP contribution is 2.25. The Morgan fingerprint density at radius 3 is 2.37 bits per heavy atom. The Morgan fingerprint density at radius 2 is 1.84 bits per heavy atom. The lowest BCUT2D eigenvalue weighted by Crippen LogP contribution is -2.21. The first-order chi connectivity index (χ1) is 8.59. The molecule has 0 heterocycles. The average molecular weight is 304 g/mol. The van der Waals surface area contributed by atoms with E-state index in [1.54, 1.807) is 18.2 Å². The van der Waals surface area contributed by atoms with Crippen molar-refractivity contribution in [3.63, 3.8) is 0 Å². The summed E-state index contributed by atoms with van der Waals surface area (Å²) in [7, 11) is -3.22. The number of sulfone groups is 1. The van der Waals surface area contributed by atoms with Crippen molar-refractivity contribution in [3.8, 4) is 0 Å². The first-order valence-corrected chi connectivity index (χ1v) is 8.59. The fraction of sp³-hybridized carbons (Fsp3) is 0.571. The third kappa shape index (κ3) is 5.83. The minimum absolute atomic E-state index is 0.0346. The number of benzene rings is 1. The van der Waals surface area contributed by atoms with Crippen molar-refractivity contribution < 1.29 is 8.42 Å². The molecule has 1 N–H and O–H groups in total. The van der Waals surface area contributed by atoms with Gasteiger partial charge in [-0.05, 0) is 24.0 Å². The van der Waals surface area contributed by atoms with Crippen LogP contribution in [0.2, 0.25) is 0 Å². The highest BCUT2D eigenvalue weighted by atomic mass is 35.5. The van der Waals surface area contributed by atoms with Gasteiger partial charge in [-0.15, -0.1) is 11.6 Å². The number of alkyl halides is 1. The molecule has 0 aromatic heterocycles. The molecule has 0 radical (unpaired) electrons. The lowest BCUT2D eigenvalue weighted by Gasteiger charge is -2.22. The molecule has 108 valence electrons. The van der Waals surface area contributed by atoms with Crippen LogP contribution in [-0.2, 0) is 9.84 Å². The van der Waals surface area contributed by atoms with Gasteiger partial charge < -0.3 is 5.32 Å².